The first kappa shape index (κ1) is 17.4. The Labute approximate surface area is 147 Å². The third-order valence-electron chi connectivity index (χ3n) is 3.15. The van der Waals surface area contributed by atoms with Crippen LogP contribution in [-0.4, -0.2) is 17.9 Å². The average Bonchev–Trinajstić information content (AvgIpc) is 2.61. The van der Waals surface area contributed by atoms with Gasteiger partial charge in [-0.2, -0.15) is 10.4 Å². The second kappa shape index (κ2) is 9.28. The van der Waals surface area contributed by atoms with Gasteiger partial charge in [0.05, 0.1) is 17.8 Å². The summed E-state index contributed by atoms with van der Waals surface area (Å²) in [5.41, 5.74) is 5.02. The molecule has 0 saturated carbocycles. The second-order valence-electron chi connectivity index (χ2n) is 4.82. The number of nitriles is 1. The van der Waals surface area contributed by atoms with Crippen LogP contribution in [0.2, 0.25) is 0 Å². The van der Waals surface area contributed by atoms with Crippen LogP contribution in [-0.2, 0) is 6.61 Å². The summed E-state index contributed by atoms with van der Waals surface area (Å²) >= 11 is 5.05. The normalized spacial score (nSPS) is 10.2. The average molecular weight is 338 g/mol. The number of rotatable bonds is 6. The van der Waals surface area contributed by atoms with E-state index >= 15 is 0 Å². The minimum atomic E-state index is 0.317. The van der Waals surface area contributed by atoms with Crippen molar-refractivity contribution in [2.75, 3.05) is 6.54 Å². The summed E-state index contributed by atoms with van der Waals surface area (Å²) in [5.74, 6) is 0.685. The van der Waals surface area contributed by atoms with Crippen molar-refractivity contribution in [3.05, 3.63) is 65.2 Å². The van der Waals surface area contributed by atoms with Crippen LogP contribution in [0.4, 0.5) is 0 Å². The summed E-state index contributed by atoms with van der Waals surface area (Å²) in [4.78, 5) is 0. The maximum atomic E-state index is 9.13. The highest BCUT2D eigenvalue weighted by atomic mass is 32.1. The van der Waals surface area contributed by atoms with E-state index in [0.717, 1.165) is 17.7 Å². The molecule has 2 aromatic rings. The lowest BCUT2D eigenvalue weighted by Crippen LogP contribution is -2.31. The lowest BCUT2D eigenvalue weighted by molar-refractivity contribution is 0.305. The molecule has 0 bridgehead atoms. The number of hydrazone groups is 1. The van der Waals surface area contributed by atoms with Crippen LogP contribution in [0.1, 0.15) is 23.6 Å². The fourth-order valence-corrected chi connectivity index (χ4v) is 2.19. The highest BCUT2D eigenvalue weighted by Gasteiger charge is 2.04. The van der Waals surface area contributed by atoms with E-state index in [1.54, 1.807) is 12.3 Å². The van der Waals surface area contributed by atoms with Gasteiger partial charge in [0.2, 0.25) is 0 Å². The van der Waals surface area contributed by atoms with Crippen molar-refractivity contribution < 1.29 is 4.74 Å². The first-order valence-corrected chi connectivity index (χ1v) is 7.92. The molecule has 2 aromatic carbocycles. The number of nitrogens with zero attached hydrogens (tertiary/aromatic N) is 2. The molecule has 0 aliphatic rings. The zero-order valence-electron chi connectivity index (χ0n) is 13.3. The van der Waals surface area contributed by atoms with Crippen molar-refractivity contribution in [1.82, 2.24) is 10.7 Å². The molecule has 0 fully saturated rings. The predicted molar refractivity (Wildman–Crippen MR) is 98.9 cm³/mol. The molecule has 0 amide bonds. The molecule has 5 nitrogen and oxygen atoms in total. The number of benzene rings is 2. The summed E-state index contributed by atoms with van der Waals surface area (Å²) in [7, 11) is 0. The van der Waals surface area contributed by atoms with Crippen molar-refractivity contribution in [1.29, 1.82) is 5.26 Å². The van der Waals surface area contributed by atoms with Crippen molar-refractivity contribution in [2.45, 2.75) is 13.5 Å². The van der Waals surface area contributed by atoms with Crippen molar-refractivity contribution in [2.24, 2.45) is 5.10 Å². The van der Waals surface area contributed by atoms with E-state index in [4.69, 9.17) is 22.2 Å². The zero-order valence-corrected chi connectivity index (χ0v) is 14.1. The first-order chi connectivity index (χ1) is 11.7. The van der Waals surface area contributed by atoms with E-state index < -0.39 is 0 Å². The molecule has 6 heteroatoms. The van der Waals surface area contributed by atoms with Crippen LogP contribution in [0.25, 0.3) is 0 Å². The Hall–Kier alpha value is -2.91. The summed E-state index contributed by atoms with van der Waals surface area (Å²) in [5, 5.41) is 16.6. The standard InChI is InChI=1S/C18H18N4OS/c1-2-20-18(24)22-21-12-15-8-5-6-10-17(15)23-13-16-9-4-3-7-14(16)11-19/h3-10,12H,2,13H2,1H3,(H2,20,22,24). The Bertz CT molecular complexity index is 768. The molecule has 24 heavy (non-hydrogen) atoms. The van der Waals surface area contributed by atoms with Gasteiger partial charge in [0, 0.05) is 17.7 Å². The lowest BCUT2D eigenvalue weighted by Gasteiger charge is -2.10. The van der Waals surface area contributed by atoms with Crippen LogP contribution in [0.5, 0.6) is 5.75 Å². The van der Waals surface area contributed by atoms with Crippen LogP contribution < -0.4 is 15.5 Å². The molecular formula is C18H18N4OS. The van der Waals surface area contributed by atoms with Gasteiger partial charge in [-0.25, -0.2) is 0 Å². The molecule has 0 aliphatic heterocycles. The Morgan fingerprint density at radius 1 is 1.25 bits per heavy atom. The Morgan fingerprint density at radius 3 is 2.79 bits per heavy atom. The highest BCUT2D eigenvalue weighted by molar-refractivity contribution is 7.80. The third-order valence-corrected chi connectivity index (χ3v) is 3.38. The van der Waals surface area contributed by atoms with E-state index in [1.807, 2.05) is 49.4 Å². The maximum Gasteiger partial charge on any atom is 0.186 e. The fraction of sp³-hybridized carbons (Fsp3) is 0.167. The highest BCUT2D eigenvalue weighted by Crippen LogP contribution is 2.18. The number of thiocarbonyl (C=S) groups is 1. The molecule has 2 N–H and O–H groups in total. The summed E-state index contributed by atoms with van der Waals surface area (Å²) < 4.78 is 5.85. The van der Waals surface area contributed by atoms with Gasteiger partial charge in [0.25, 0.3) is 0 Å². The van der Waals surface area contributed by atoms with Gasteiger partial charge in [-0.3, -0.25) is 5.43 Å². The molecule has 0 saturated heterocycles. The molecular weight excluding hydrogens is 320 g/mol. The fourth-order valence-electron chi connectivity index (χ4n) is 1.99. The van der Waals surface area contributed by atoms with Crippen LogP contribution in [0.15, 0.2) is 53.6 Å². The SMILES string of the molecule is CCNC(=S)NN=Cc1ccccc1OCc1ccccc1C#N. The number of hydrogen-bond acceptors (Lipinski definition) is 4. The monoisotopic (exact) mass is 338 g/mol. The van der Waals surface area contributed by atoms with Gasteiger partial charge in [0.15, 0.2) is 5.11 Å². The minimum absolute atomic E-state index is 0.317. The maximum absolute atomic E-state index is 9.13. The Kier molecular flexibility index (Phi) is 6.74. The van der Waals surface area contributed by atoms with E-state index in [0.29, 0.717) is 23.0 Å². The number of para-hydroxylation sites is 1. The van der Waals surface area contributed by atoms with Gasteiger partial charge in [-0.1, -0.05) is 30.3 Å². The molecule has 0 aliphatic carbocycles. The predicted octanol–water partition coefficient (Wildman–Crippen LogP) is 2.96. The smallest absolute Gasteiger partial charge is 0.186 e. The minimum Gasteiger partial charge on any atom is -0.488 e. The lowest BCUT2D eigenvalue weighted by atomic mass is 10.1. The van der Waals surface area contributed by atoms with Gasteiger partial charge >= 0.3 is 0 Å². The topological polar surface area (TPSA) is 69.4 Å². The molecule has 0 heterocycles. The Morgan fingerprint density at radius 2 is 2.00 bits per heavy atom. The summed E-state index contributed by atoms with van der Waals surface area (Å²) in [6.45, 7) is 3.01. The van der Waals surface area contributed by atoms with Gasteiger partial charge in [-0.05, 0) is 37.3 Å². The van der Waals surface area contributed by atoms with Crippen LogP contribution in [0.3, 0.4) is 0 Å². The van der Waals surface area contributed by atoms with Crippen molar-refractivity contribution in [3.8, 4) is 11.8 Å². The van der Waals surface area contributed by atoms with E-state index in [1.165, 1.54) is 0 Å². The summed E-state index contributed by atoms with van der Waals surface area (Å²) in [6, 6.07) is 17.1. The number of ether oxygens (including phenoxy) is 1. The van der Waals surface area contributed by atoms with Crippen LogP contribution in [0, 0.1) is 11.3 Å². The third kappa shape index (κ3) is 5.07. The van der Waals surface area contributed by atoms with E-state index in [2.05, 4.69) is 21.9 Å². The Balaban J connectivity index is 2.05. The number of nitrogens with one attached hydrogen (secondary N) is 2. The molecule has 0 radical (unpaired) electrons. The quantitative estimate of drug-likeness (QED) is 0.481. The molecule has 2 rings (SSSR count). The first-order valence-electron chi connectivity index (χ1n) is 7.51. The summed E-state index contributed by atoms with van der Waals surface area (Å²) in [6.07, 6.45) is 1.65. The molecule has 0 spiro atoms. The van der Waals surface area contributed by atoms with Crippen LogP contribution >= 0.6 is 12.2 Å². The molecule has 0 unspecified atom stereocenters. The number of hydrogen-bond donors (Lipinski definition) is 2. The van der Waals surface area contributed by atoms with Gasteiger partial charge < -0.3 is 10.1 Å². The largest absolute Gasteiger partial charge is 0.488 e. The second-order valence-corrected chi connectivity index (χ2v) is 5.23. The zero-order chi connectivity index (χ0) is 17.2. The van der Waals surface area contributed by atoms with E-state index in [-0.39, 0.29) is 0 Å². The molecule has 0 atom stereocenters. The van der Waals surface area contributed by atoms with Crippen molar-refractivity contribution >= 4 is 23.5 Å². The molecule has 0 aromatic heterocycles. The van der Waals surface area contributed by atoms with Gasteiger partial charge in [-0.15, -0.1) is 0 Å². The molecule has 122 valence electrons. The van der Waals surface area contributed by atoms with Crippen molar-refractivity contribution in [3.63, 3.8) is 0 Å². The van der Waals surface area contributed by atoms with E-state index in [9.17, 15) is 0 Å². The van der Waals surface area contributed by atoms with Gasteiger partial charge in [0.1, 0.15) is 12.4 Å².